The molecule has 6 nitrogen and oxygen atoms in total. The summed E-state index contributed by atoms with van der Waals surface area (Å²) in [6, 6.07) is 5.63. The van der Waals surface area contributed by atoms with E-state index in [-0.39, 0.29) is 17.4 Å². The van der Waals surface area contributed by atoms with E-state index < -0.39 is 5.63 Å². The third-order valence-corrected chi connectivity index (χ3v) is 4.52. The number of rotatable bonds is 5. The van der Waals surface area contributed by atoms with Gasteiger partial charge in [-0.15, -0.1) is 0 Å². The summed E-state index contributed by atoms with van der Waals surface area (Å²) in [5, 5.41) is 6.10. The van der Waals surface area contributed by atoms with Crippen LogP contribution in [-0.2, 0) is 6.42 Å². The molecule has 0 aliphatic carbocycles. The number of hydrogen-bond donors (Lipinski definition) is 2. The van der Waals surface area contributed by atoms with Crippen LogP contribution in [0.5, 0.6) is 0 Å². The number of piperidine rings is 1. The largest absolute Gasteiger partial charge is 0.427 e. The van der Waals surface area contributed by atoms with Crippen LogP contribution in [-0.4, -0.2) is 30.5 Å². The van der Waals surface area contributed by atoms with Crippen molar-refractivity contribution in [2.24, 2.45) is 0 Å². The second-order valence-corrected chi connectivity index (χ2v) is 6.40. The van der Waals surface area contributed by atoms with Gasteiger partial charge in [0.2, 0.25) is 0 Å². The number of carbonyl (C=O) groups is 1. The number of carbonyl (C=O) groups excluding carboxylic acids is 1. The predicted octanol–water partition coefficient (Wildman–Crippen LogP) is 1.78. The van der Waals surface area contributed by atoms with Gasteiger partial charge in [-0.2, -0.15) is 0 Å². The third-order valence-electron chi connectivity index (χ3n) is 4.52. The first-order valence-electron chi connectivity index (χ1n) is 8.67. The highest BCUT2D eigenvalue weighted by Gasteiger charge is 2.22. The fourth-order valence-electron chi connectivity index (χ4n) is 3.16. The lowest BCUT2D eigenvalue weighted by molar-refractivity contribution is 0.0949. The van der Waals surface area contributed by atoms with Gasteiger partial charge >= 0.3 is 5.63 Å². The summed E-state index contributed by atoms with van der Waals surface area (Å²) in [4.78, 5) is 28.7. The lowest BCUT2D eigenvalue weighted by Crippen LogP contribution is -2.32. The molecule has 0 aromatic carbocycles. The van der Waals surface area contributed by atoms with E-state index in [9.17, 15) is 9.59 Å². The Morgan fingerprint density at radius 2 is 2.36 bits per heavy atom. The van der Waals surface area contributed by atoms with Crippen molar-refractivity contribution in [2.75, 3.05) is 19.6 Å². The van der Waals surface area contributed by atoms with Crippen molar-refractivity contribution in [3.8, 4) is 0 Å². The van der Waals surface area contributed by atoms with Crippen molar-refractivity contribution in [1.29, 1.82) is 0 Å². The SMILES string of the molecule is Cc1cc(C2CCCNC2)oc(=O)c1C(=O)NCCc1cccnc1. The molecule has 6 heteroatoms. The van der Waals surface area contributed by atoms with Gasteiger partial charge in [-0.3, -0.25) is 9.78 Å². The second kappa shape index (κ2) is 8.07. The molecule has 1 atom stereocenters. The first-order valence-corrected chi connectivity index (χ1v) is 8.67. The van der Waals surface area contributed by atoms with Crippen LogP contribution < -0.4 is 16.3 Å². The average Bonchev–Trinajstić information content (AvgIpc) is 2.63. The van der Waals surface area contributed by atoms with E-state index in [0.717, 1.165) is 31.5 Å². The predicted molar refractivity (Wildman–Crippen MR) is 94.8 cm³/mol. The summed E-state index contributed by atoms with van der Waals surface area (Å²) in [6.45, 7) is 4.03. The number of aryl methyl sites for hydroxylation is 1. The van der Waals surface area contributed by atoms with E-state index in [4.69, 9.17) is 4.42 Å². The first-order chi connectivity index (χ1) is 12.1. The quantitative estimate of drug-likeness (QED) is 0.866. The van der Waals surface area contributed by atoms with Crippen LogP contribution in [0.15, 0.2) is 39.8 Å². The van der Waals surface area contributed by atoms with Crippen molar-refractivity contribution in [3.63, 3.8) is 0 Å². The van der Waals surface area contributed by atoms with Gasteiger partial charge < -0.3 is 15.1 Å². The van der Waals surface area contributed by atoms with E-state index in [1.165, 1.54) is 0 Å². The zero-order valence-corrected chi connectivity index (χ0v) is 14.4. The maximum absolute atomic E-state index is 12.4. The zero-order chi connectivity index (χ0) is 17.6. The molecule has 1 aliphatic rings. The Morgan fingerprint density at radius 1 is 1.48 bits per heavy atom. The van der Waals surface area contributed by atoms with Gasteiger partial charge in [0, 0.05) is 31.4 Å². The number of aromatic nitrogens is 1. The third kappa shape index (κ3) is 4.33. The summed E-state index contributed by atoms with van der Waals surface area (Å²) >= 11 is 0. The average molecular weight is 341 g/mol. The van der Waals surface area contributed by atoms with Gasteiger partial charge in [-0.1, -0.05) is 6.07 Å². The van der Waals surface area contributed by atoms with E-state index in [0.29, 0.717) is 24.3 Å². The summed E-state index contributed by atoms with van der Waals surface area (Å²) in [5.41, 5.74) is 1.24. The second-order valence-electron chi connectivity index (χ2n) is 6.40. The van der Waals surface area contributed by atoms with E-state index in [2.05, 4.69) is 15.6 Å². The van der Waals surface area contributed by atoms with Crippen molar-refractivity contribution in [1.82, 2.24) is 15.6 Å². The molecule has 2 aromatic rings. The van der Waals surface area contributed by atoms with Gasteiger partial charge in [0.15, 0.2) is 0 Å². The van der Waals surface area contributed by atoms with Crippen molar-refractivity contribution in [2.45, 2.75) is 32.1 Å². The minimum atomic E-state index is -0.556. The molecular weight excluding hydrogens is 318 g/mol. The smallest absolute Gasteiger partial charge is 0.349 e. The molecule has 132 valence electrons. The molecule has 0 radical (unpaired) electrons. The summed E-state index contributed by atoms with van der Waals surface area (Å²) in [7, 11) is 0. The lowest BCUT2D eigenvalue weighted by Gasteiger charge is -2.22. The van der Waals surface area contributed by atoms with Crippen molar-refractivity contribution >= 4 is 5.91 Å². The van der Waals surface area contributed by atoms with Gasteiger partial charge in [0.1, 0.15) is 11.3 Å². The summed E-state index contributed by atoms with van der Waals surface area (Å²) in [6.07, 6.45) is 6.19. The molecule has 3 heterocycles. The number of nitrogens with one attached hydrogen (secondary N) is 2. The topological polar surface area (TPSA) is 84.2 Å². The van der Waals surface area contributed by atoms with Crippen LogP contribution in [0.25, 0.3) is 0 Å². The Balaban J connectivity index is 1.66. The summed E-state index contributed by atoms with van der Waals surface area (Å²) < 4.78 is 5.45. The number of pyridine rings is 1. The fourth-order valence-corrected chi connectivity index (χ4v) is 3.16. The first kappa shape index (κ1) is 17.4. The number of nitrogens with zero attached hydrogens (tertiary/aromatic N) is 1. The molecule has 2 N–H and O–H groups in total. The fraction of sp³-hybridized carbons (Fsp3) is 0.421. The minimum absolute atomic E-state index is 0.0960. The van der Waals surface area contributed by atoms with Crippen LogP contribution >= 0.6 is 0 Å². The van der Waals surface area contributed by atoms with Crippen molar-refractivity contribution < 1.29 is 9.21 Å². The van der Waals surface area contributed by atoms with E-state index in [1.807, 2.05) is 18.2 Å². The Kier molecular flexibility index (Phi) is 5.60. The van der Waals surface area contributed by atoms with Gasteiger partial charge in [0.05, 0.1) is 0 Å². The number of hydrogen-bond acceptors (Lipinski definition) is 5. The standard InChI is InChI=1S/C19H23N3O3/c1-13-10-16(15-5-3-8-21-12-15)25-19(24)17(13)18(23)22-9-6-14-4-2-7-20-11-14/h2,4,7,10-11,15,21H,3,5-6,8-9,12H2,1H3,(H,22,23). The summed E-state index contributed by atoms with van der Waals surface area (Å²) in [5.74, 6) is 0.480. The molecule has 0 spiro atoms. The lowest BCUT2D eigenvalue weighted by atomic mass is 9.95. The van der Waals surface area contributed by atoms with Gasteiger partial charge in [0.25, 0.3) is 5.91 Å². The van der Waals surface area contributed by atoms with E-state index in [1.54, 1.807) is 19.3 Å². The monoisotopic (exact) mass is 341 g/mol. The van der Waals surface area contributed by atoms with Crippen LogP contribution in [0.2, 0.25) is 0 Å². The van der Waals surface area contributed by atoms with Crippen LogP contribution in [0.4, 0.5) is 0 Å². The van der Waals surface area contributed by atoms with E-state index >= 15 is 0 Å². The maximum atomic E-state index is 12.4. The Morgan fingerprint density at radius 3 is 3.04 bits per heavy atom. The van der Waals surface area contributed by atoms with Crippen LogP contribution in [0, 0.1) is 6.92 Å². The van der Waals surface area contributed by atoms with Crippen LogP contribution in [0.3, 0.4) is 0 Å². The highest BCUT2D eigenvalue weighted by Crippen LogP contribution is 2.23. The molecule has 0 bridgehead atoms. The van der Waals surface area contributed by atoms with Gasteiger partial charge in [-0.05, 0) is 56.0 Å². The molecule has 0 saturated carbocycles. The molecule has 1 aliphatic heterocycles. The molecule has 3 rings (SSSR count). The molecule has 1 saturated heterocycles. The normalized spacial score (nSPS) is 17.2. The van der Waals surface area contributed by atoms with Gasteiger partial charge in [-0.25, -0.2) is 4.79 Å². The molecule has 1 amide bonds. The highest BCUT2D eigenvalue weighted by atomic mass is 16.4. The molecule has 1 fully saturated rings. The molecule has 1 unspecified atom stereocenters. The Hall–Kier alpha value is -2.47. The Labute approximate surface area is 146 Å². The zero-order valence-electron chi connectivity index (χ0n) is 14.4. The van der Waals surface area contributed by atoms with Crippen LogP contribution in [0.1, 0.15) is 46.0 Å². The molecule has 2 aromatic heterocycles. The minimum Gasteiger partial charge on any atom is -0.427 e. The Bertz CT molecular complexity index is 780. The van der Waals surface area contributed by atoms with Crippen molar-refractivity contribution in [3.05, 3.63) is 63.5 Å². The molecule has 25 heavy (non-hydrogen) atoms. The molecular formula is C19H23N3O3. The highest BCUT2D eigenvalue weighted by molar-refractivity contribution is 5.95. The number of amides is 1. The maximum Gasteiger partial charge on any atom is 0.349 e.